The molecule has 0 spiro atoms. The molecule has 0 radical (unpaired) electrons. The summed E-state index contributed by atoms with van der Waals surface area (Å²) in [6, 6.07) is 0. The first-order valence-corrected chi connectivity index (χ1v) is 6.87. The normalized spacial score (nSPS) is 11.0. The Morgan fingerprint density at radius 2 is 1.89 bits per heavy atom. The Labute approximate surface area is 111 Å². The van der Waals surface area contributed by atoms with Gasteiger partial charge in [-0.1, -0.05) is 20.8 Å². The molecule has 0 aromatic carbocycles. The lowest BCUT2D eigenvalue weighted by molar-refractivity contribution is 0.611. The van der Waals surface area contributed by atoms with Crippen molar-refractivity contribution < 1.29 is 0 Å². The highest BCUT2D eigenvalue weighted by Gasteiger charge is 2.15. The van der Waals surface area contributed by atoms with Crippen molar-refractivity contribution in [3.8, 4) is 0 Å². The Bertz CT molecular complexity index is 388. The highest BCUT2D eigenvalue weighted by atomic mass is 15.2. The maximum atomic E-state index is 6.00. The molecule has 2 N–H and O–H groups in total. The van der Waals surface area contributed by atoms with Crippen LogP contribution in [-0.4, -0.2) is 23.1 Å². The summed E-state index contributed by atoms with van der Waals surface area (Å²) in [6.07, 6.45) is 1.93. The van der Waals surface area contributed by atoms with Crippen molar-refractivity contribution in [1.82, 2.24) is 9.97 Å². The Balaban J connectivity index is 3.11. The summed E-state index contributed by atoms with van der Waals surface area (Å²) in [5.74, 6) is 3.08. The van der Waals surface area contributed by atoms with Crippen LogP contribution in [0.5, 0.6) is 0 Å². The fraction of sp³-hybridized carbons (Fsp3) is 0.714. The molecule has 1 rings (SSSR count). The summed E-state index contributed by atoms with van der Waals surface area (Å²) in [7, 11) is 0. The molecule has 4 nitrogen and oxygen atoms in total. The van der Waals surface area contributed by atoms with Gasteiger partial charge in [-0.25, -0.2) is 9.97 Å². The van der Waals surface area contributed by atoms with Gasteiger partial charge in [0.15, 0.2) is 0 Å². The number of aromatic nitrogens is 2. The minimum atomic E-state index is 0.607. The molecular formula is C14H26N4. The van der Waals surface area contributed by atoms with Gasteiger partial charge < -0.3 is 10.6 Å². The quantitative estimate of drug-likeness (QED) is 0.843. The van der Waals surface area contributed by atoms with Crippen LogP contribution in [-0.2, 0) is 6.42 Å². The lowest BCUT2D eigenvalue weighted by atomic mass is 10.2. The van der Waals surface area contributed by atoms with E-state index in [2.05, 4.69) is 42.6 Å². The van der Waals surface area contributed by atoms with Crippen LogP contribution in [0.1, 0.15) is 45.5 Å². The molecule has 0 fully saturated rings. The van der Waals surface area contributed by atoms with Crippen molar-refractivity contribution >= 4 is 11.6 Å². The van der Waals surface area contributed by atoms with Crippen LogP contribution in [0, 0.1) is 12.8 Å². The van der Waals surface area contributed by atoms with E-state index in [1.807, 2.05) is 6.92 Å². The van der Waals surface area contributed by atoms with Crippen molar-refractivity contribution in [2.24, 2.45) is 5.92 Å². The van der Waals surface area contributed by atoms with Crippen molar-refractivity contribution in [3.63, 3.8) is 0 Å². The Hall–Kier alpha value is -1.32. The minimum Gasteiger partial charge on any atom is -0.383 e. The van der Waals surface area contributed by atoms with Crippen LogP contribution in [0.25, 0.3) is 0 Å². The van der Waals surface area contributed by atoms with Crippen LogP contribution in [0.3, 0.4) is 0 Å². The van der Waals surface area contributed by atoms with Gasteiger partial charge in [0.25, 0.3) is 0 Å². The topological polar surface area (TPSA) is 55.0 Å². The lowest BCUT2D eigenvalue weighted by Gasteiger charge is -2.26. The molecule has 0 atom stereocenters. The van der Waals surface area contributed by atoms with Gasteiger partial charge in [-0.3, -0.25) is 0 Å². The molecule has 1 heterocycles. The maximum absolute atomic E-state index is 6.00. The molecule has 0 unspecified atom stereocenters. The van der Waals surface area contributed by atoms with Gasteiger partial charge in [0, 0.05) is 25.1 Å². The van der Waals surface area contributed by atoms with Crippen molar-refractivity contribution in [3.05, 3.63) is 11.4 Å². The van der Waals surface area contributed by atoms with E-state index in [9.17, 15) is 0 Å². The summed E-state index contributed by atoms with van der Waals surface area (Å²) in [6.45, 7) is 12.7. The predicted octanol–water partition coefficient (Wildman–Crippen LogP) is 2.80. The third kappa shape index (κ3) is 3.59. The number of anilines is 2. The summed E-state index contributed by atoms with van der Waals surface area (Å²) >= 11 is 0. The third-order valence-corrected chi connectivity index (χ3v) is 2.94. The van der Waals surface area contributed by atoms with E-state index >= 15 is 0 Å². The first kappa shape index (κ1) is 14.7. The standard InChI is InChI=1S/C14H26N4/c1-6-8-12-16-13(15)11(5)14(17-12)18(7-2)9-10(3)4/h10H,6-9H2,1-5H3,(H2,15,16,17). The van der Waals surface area contributed by atoms with E-state index in [1.54, 1.807) is 0 Å². The molecule has 0 saturated carbocycles. The molecule has 102 valence electrons. The van der Waals surface area contributed by atoms with E-state index in [-0.39, 0.29) is 0 Å². The number of nitrogen functional groups attached to an aromatic ring is 1. The van der Waals surface area contributed by atoms with Crippen molar-refractivity contribution in [2.75, 3.05) is 23.7 Å². The van der Waals surface area contributed by atoms with Gasteiger partial charge >= 0.3 is 0 Å². The van der Waals surface area contributed by atoms with Crippen LogP contribution in [0.15, 0.2) is 0 Å². The molecule has 0 amide bonds. The zero-order valence-electron chi connectivity index (χ0n) is 12.3. The van der Waals surface area contributed by atoms with E-state index in [0.29, 0.717) is 11.7 Å². The monoisotopic (exact) mass is 250 g/mol. The number of nitrogens with zero attached hydrogens (tertiary/aromatic N) is 3. The molecule has 0 aliphatic carbocycles. The number of hydrogen-bond acceptors (Lipinski definition) is 4. The minimum absolute atomic E-state index is 0.607. The second-order valence-corrected chi connectivity index (χ2v) is 5.16. The Kier molecular flexibility index (Phi) is 5.38. The van der Waals surface area contributed by atoms with Gasteiger partial charge in [0.2, 0.25) is 0 Å². The van der Waals surface area contributed by atoms with Crippen LogP contribution >= 0.6 is 0 Å². The first-order chi connectivity index (χ1) is 8.49. The smallest absolute Gasteiger partial charge is 0.137 e. The zero-order valence-corrected chi connectivity index (χ0v) is 12.3. The largest absolute Gasteiger partial charge is 0.383 e. The van der Waals surface area contributed by atoms with Gasteiger partial charge in [0.05, 0.1) is 0 Å². The van der Waals surface area contributed by atoms with E-state index in [1.165, 1.54) is 0 Å². The van der Waals surface area contributed by atoms with E-state index in [0.717, 1.165) is 43.1 Å². The first-order valence-electron chi connectivity index (χ1n) is 6.87. The average Bonchev–Trinajstić information content (AvgIpc) is 2.31. The fourth-order valence-electron chi connectivity index (χ4n) is 2.02. The molecule has 0 aliphatic heterocycles. The SMILES string of the molecule is CCCc1nc(N)c(C)c(N(CC)CC(C)C)n1. The number of hydrogen-bond donors (Lipinski definition) is 1. The zero-order chi connectivity index (χ0) is 13.7. The Morgan fingerprint density at radius 3 is 2.39 bits per heavy atom. The molecule has 1 aromatic heterocycles. The van der Waals surface area contributed by atoms with Crippen molar-refractivity contribution in [2.45, 2.75) is 47.5 Å². The lowest BCUT2D eigenvalue weighted by Crippen LogP contribution is -2.29. The third-order valence-electron chi connectivity index (χ3n) is 2.94. The van der Waals surface area contributed by atoms with Crippen molar-refractivity contribution in [1.29, 1.82) is 0 Å². The summed E-state index contributed by atoms with van der Waals surface area (Å²) in [5, 5.41) is 0. The molecule has 1 aromatic rings. The second kappa shape index (κ2) is 6.57. The van der Waals surface area contributed by atoms with E-state index < -0.39 is 0 Å². The molecule has 18 heavy (non-hydrogen) atoms. The number of nitrogens with two attached hydrogens (primary N) is 1. The second-order valence-electron chi connectivity index (χ2n) is 5.16. The molecule has 4 heteroatoms. The van der Waals surface area contributed by atoms with Gasteiger partial charge in [-0.15, -0.1) is 0 Å². The highest BCUT2D eigenvalue weighted by molar-refractivity contribution is 5.56. The highest BCUT2D eigenvalue weighted by Crippen LogP contribution is 2.22. The fourth-order valence-corrected chi connectivity index (χ4v) is 2.02. The molecule has 0 aliphatic rings. The van der Waals surface area contributed by atoms with Gasteiger partial charge in [-0.05, 0) is 26.2 Å². The van der Waals surface area contributed by atoms with E-state index in [4.69, 9.17) is 5.73 Å². The summed E-state index contributed by atoms with van der Waals surface area (Å²) in [5.41, 5.74) is 6.99. The average molecular weight is 250 g/mol. The summed E-state index contributed by atoms with van der Waals surface area (Å²) < 4.78 is 0. The van der Waals surface area contributed by atoms with Gasteiger partial charge in [0.1, 0.15) is 17.5 Å². The van der Waals surface area contributed by atoms with Crippen LogP contribution in [0.2, 0.25) is 0 Å². The number of rotatable bonds is 6. The van der Waals surface area contributed by atoms with Crippen LogP contribution < -0.4 is 10.6 Å². The van der Waals surface area contributed by atoms with Crippen LogP contribution in [0.4, 0.5) is 11.6 Å². The van der Waals surface area contributed by atoms with Gasteiger partial charge in [-0.2, -0.15) is 0 Å². The summed E-state index contributed by atoms with van der Waals surface area (Å²) in [4.78, 5) is 11.3. The molecular weight excluding hydrogens is 224 g/mol. The Morgan fingerprint density at radius 1 is 1.22 bits per heavy atom. The predicted molar refractivity (Wildman–Crippen MR) is 77.9 cm³/mol. The molecule has 0 bridgehead atoms. The molecule has 0 saturated heterocycles. The number of aryl methyl sites for hydroxylation is 1. The maximum Gasteiger partial charge on any atom is 0.137 e.